The Kier molecular flexibility index (Phi) is 14.8. The standard InChI is InChI=1S/C6H5.C4H7.Mg/c1-2-4-6-5-3-1;1-3-4-2;/h1-5H;3-4H,1H2,2H3;/q2*-1;+2/b;4-3+;. The van der Waals surface area contributed by atoms with Crippen LogP contribution in [0.4, 0.5) is 0 Å². The summed E-state index contributed by atoms with van der Waals surface area (Å²) in [4.78, 5) is 0. The molecule has 11 heavy (non-hydrogen) atoms. The molecule has 1 aromatic carbocycles. The van der Waals surface area contributed by atoms with Crippen molar-refractivity contribution in [3.63, 3.8) is 0 Å². The van der Waals surface area contributed by atoms with Gasteiger partial charge < -0.3 is 0 Å². The molecule has 0 aliphatic rings. The van der Waals surface area contributed by atoms with E-state index in [1.54, 1.807) is 6.08 Å². The molecule has 0 heterocycles. The van der Waals surface area contributed by atoms with E-state index in [1.807, 2.05) is 43.3 Å². The summed E-state index contributed by atoms with van der Waals surface area (Å²) in [7, 11) is 0. The van der Waals surface area contributed by atoms with E-state index in [0.29, 0.717) is 0 Å². The Morgan fingerprint density at radius 1 is 1.18 bits per heavy atom. The Bertz CT molecular complexity index is 125. The number of hydrogen-bond acceptors (Lipinski definition) is 0. The molecule has 0 saturated carbocycles. The second kappa shape index (κ2) is 12.3. The van der Waals surface area contributed by atoms with Crippen molar-refractivity contribution in [1.82, 2.24) is 0 Å². The maximum atomic E-state index is 3.42. The molecule has 0 nitrogen and oxygen atoms in total. The van der Waals surface area contributed by atoms with Crippen molar-refractivity contribution >= 4 is 23.1 Å². The van der Waals surface area contributed by atoms with Crippen molar-refractivity contribution in [3.05, 3.63) is 55.5 Å². The summed E-state index contributed by atoms with van der Waals surface area (Å²) in [6, 6.07) is 12.5. The third-order valence-corrected chi connectivity index (χ3v) is 0.843. The van der Waals surface area contributed by atoms with Gasteiger partial charge in [0.05, 0.1) is 0 Å². The molecule has 1 rings (SSSR count). The number of benzene rings is 1. The Hall–Kier alpha value is -0.404. The molecule has 0 amide bonds. The maximum Gasteiger partial charge on any atom is 2.00 e. The van der Waals surface area contributed by atoms with Crippen LogP contribution in [0, 0.1) is 13.0 Å². The molecule has 0 aliphatic heterocycles. The van der Waals surface area contributed by atoms with Crippen molar-refractivity contribution in [2.75, 3.05) is 0 Å². The van der Waals surface area contributed by atoms with Gasteiger partial charge in [-0.2, -0.15) is 36.4 Å². The van der Waals surface area contributed by atoms with E-state index < -0.39 is 0 Å². The Morgan fingerprint density at radius 2 is 1.64 bits per heavy atom. The Balaban J connectivity index is 0. The first kappa shape index (κ1) is 13.2. The van der Waals surface area contributed by atoms with Crippen molar-refractivity contribution < 1.29 is 0 Å². The zero-order valence-electron chi connectivity index (χ0n) is 6.96. The molecule has 0 fully saturated rings. The van der Waals surface area contributed by atoms with Crippen molar-refractivity contribution in [3.8, 4) is 0 Å². The van der Waals surface area contributed by atoms with Crippen LogP contribution < -0.4 is 0 Å². The number of rotatable bonds is 0. The second-order valence-electron chi connectivity index (χ2n) is 1.65. The van der Waals surface area contributed by atoms with Gasteiger partial charge in [-0.15, -0.1) is 6.92 Å². The van der Waals surface area contributed by atoms with E-state index in [1.165, 1.54) is 0 Å². The molecular formula is C10H12Mg. The topological polar surface area (TPSA) is 0 Å². The SMILES string of the molecule is [CH2-]/C=C/C.[Mg+2].[c-]1ccccc1. The van der Waals surface area contributed by atoms with Gasteiger partial charge in [-0.25, -0.2) is 19.1 Å². The van der Waals surface area contributed by atoms with Crippen LogP contribution in [0.5, 0.6) is 0 Å². The maximum absolute atomic E-state index is 3.42. The van der Waals surface area contributed by atoms with Gasteiger partial charge in [0.15, 0.2) is 0 Å². The zero-order chi connectivity index (χ0) is 7.66. The van der Waals surface area contributed by atoms with Gasteiger partial charge >= 0.3 is 23.1 Å². The first-order valence-corrected chi connectivity index (χ1v) is 3.23. The minimum Gasteiger partial charge on any atom is -0.245 e. The van der Waals surface area contributed by atoms with E-state index in [-0.39, 0.29) is 23.1 Å². The fourth-order valence-electron chi connectivity index (χ4n) is 0.342. The van der Waals surface area contributed by atoms with Crippen LogP contribution in [0.1, 0.15) is 6.92 Å². The third-order valence-electron chi connectivity index (χ3n) is 0.843. The predicted octanol–water partition coefficient (Wildman–Crippen LogP) is 2.50. The summed E-state index contributed by atoms with van der Waals surface area (Å²) in [6.45, 7) is 5.36. The van der Waals surface area contributed by atoms with Gasteiger partial charge in [-0.3, -0.25) is 0 Å². The normalized spacial score (nSPS) is 7.73. The van der Waals surface area contributed by atoms with E-state index in [0.717, 1.165) is 0 Å². The van der Waals surface area contributed by atoms with Gasteiger partial charge in [-0.05, 0) is 0 Å². The smallest absolute Gasteiger partial charge is 0.245 e. The molecule has 0 radical (unpaired) electrons. The largest absolute Gasteiger partial charge is 2.00 e. The molecule has 0 atom stereocenters. The fraction of sp³-hybridized carbons (Fsp3) is 0.100. The summed E-state index contributed by atoms with van der Waals surface area (Å²) in [5.41, 5.74) is 0. The van der Waals surface area contributed by atoms with Crippen molar-refractivity contribution in [2.24, 2.45) is 0 Å². The van der Waals surface area contributed by atoms with Gasteiger partial charge in [-0.1, -0.05) is 0 Å². The van der Waals surface area contributed by atoms with Crippen LogP contribution in [0.2, 0.25) is 0 Å². The van der Waals surface area contributed by atoms with Gasteiger partial charge in [0, 0.05) is 0 Å². The molecule has 0 unspecified atom stereocenters. The predicted molar refractivity (Wildman–Crippen MR) is 51.2 cm³/mol. The van der Waals surface area contributed by atoms with Crippen LogP contribution in [0.25, 0.3) is 0 Å². The van der Waals surface area contributed by atoms with Crippen LogP contribution in [0.3, 0.4) is 0 Å². The minimum absolute atomic E-state index is 0. The first-order valence-electron chi connectivity index (χ1n) is 3.23. The molecule has 0 N–H and O–H groups in total. The molecule has 1 heteroatoms. The average Bonchev–Trinajstić information content (AvgIpc) is 2.08. The molecule has 0 aliphatic carbocycles. The number of hydrogen-bond donors (Lipinski definition) is 0. The van der Waals surface area contributed by atoms with E-state index >= 15 is 0 Å². The summed E-state index contributed by atoms with van der Waals surface area (Å²) >= 11 is 0. The van der Waals surface area contributed by atoms with Gasteiger partial charge in [0.1, 0.15) is 0 Å². The van der Waals surface area contributed by atoms with Gasteiger partial charge in [0.25, 0.3) is 0 Å². The summed E-state index contributed by atoms with van der Waals surface area (Å²) in [5.74, 6) is 0. The monoisotopic (exact) mass is 156 g/mol. The molecular weight excluding hydrogens is 144 g/mol. The number of allylic oxidation sites excluding steroid dienone is 2. The fourth-order valence-corrected chi connectivity index (χ4v) is 0.342. The Morgan fingerprint density at radius 3 is 1.73 bits per heavy atom. The molecule has 0 bridgehead atoms. The second-order valence-corrected chi connectivity index (χ2v) is 1.65. The van der Waals surface area contributed by atoms with Crippen LogP contribution in [0.15, 0.2) is 42.5 Å². The summed E-state index contributed by atoms with van der Waals surface area (Å²) in [6.07, 6.45) is 3.64. The average molecular weight is 157 g/mol. The van der Waals surface area contributed by atoms with Crippen molar-refractivity contribution in [1.29, 1.82) is 0 Å². The minimum atomic E-state index is 0. The summed E-state index contributed by atoms with van der Waals surface area (Å²) in [5, 5.41) is 0. The van der Waals surface area contributed by atoms with Crippen LogP contribution in [-0.4, -0.2) is 23.1 Å². The van der Waals surface area contributed by atoms with Crippen LogP contribution >= 0.6 is 0 Å². The van der Waals surface area contributed by atoms with E-state index in [4.69, 9.17) is 0 Å². The third kappa shape index (κ3) is 12.7. The van der Waals surface area contributed by atoms with Gasteiger partial charge in [0.2, 0.25) is 0 Å². The first-order chi connectivity index (χ1) is 4.91. The summed E-state index contributed by atoms with van der Waals surface area (Å²) < 4.78 is 0. The van der Waals surface area contributed by atoms with E-state index in [9.17, 15) is 0 Å². The molecule has 1 aromatic rings. The quantitative estimate of drug-likeness (QED) is 0.400. The van der Waals surface area contributed by atoms with Crippen LogP contribution in [-0.2, 0) is 0 Å². The van der Waals surface area contributed by atoms with Crippen molar-refractivity contribution in [2.45, 2.75) is 6.92 Å². The molecule has 54 valence electrons. The zero-order valence-corrected chi connectivity index (χ0v) is 8.37. The molecule has 0 spiro atoms. The molecule has 0 aromatic heterocycles. The Labute approximate surface area is 85.5 Å². The molecule has 0 saturated heterocycles. The van der Waals surface area contributed by atoms with E-state index in [2.05, 4.69) is 13.0 Å².